The van der Waals surface area contributed by atoms with Gasteiger partial charge in [0.2, 0.25) is 0 Å². The summed E-state index contributed by atoms with van der Waals surface area (Å²) in [5, 5.41) is 12.2. The highest BCUT2D eigenvalue weighted by atomic mass is 32.1. The first kappa shape index (κ1) is 13.5. The number of carbonyl (C=O) groups is 1. The number of aryl methyl sites for hydroxylation is 1. The smallest absolute Gasteiger partial charge is 0.345 e. The van der Waals surface area contributed by atoms with E-state index in [1.165, 1.54) is 24.2 Å². The molecule has 18 heavy (non-hydrogen) atoms. The second kappa shape index (κ2) is 6.31. The van der Waals surface area contributed by atoms with Crippen LogP contribution >= 0.6 is 11.3 Å². The zero-order valence-corrected chi connectivity index (χ0v) is 11.4. The number of aromatic carboxylic acids is 1. The molecule has 1 aliphatic carbocycles. The predicted octanol–water partition coefficient (Wildman–Crippen LogP) is 2.27. The van der Waals surface area contributed by atoms with Crippen molar-refractivity contribution in [3.05, 3.63) is 21.4 Å². The molecule has 0 amide bonds. The van der Waals surface area contributed by atoms with Crippen molar-refractivity contribution in [2.75, 3.05) is 19.8 Å². The number of carboxylic acids is 1. The van der Waals surface area contributed by atoms with E-state index >= 15 is 0 Å². The first-order valence-electron chi connectivity index (χ1n) is 6.28. The second-order valence-electron chi connectivity index (χ2n) is 4.69. The fourth-order valence-electron chi connectivity index (χ4n) is 1.70. The van der Waals surface area contributed by atoms with Crippen LogP contribution in [0.4, 0.5) is 0 Å². The number of hydrogen-bond donors (Lipinski definition) is 2. The molecule has 0 saturated heterocycles. The van der Waals surface area contributed by atoms with Crippen molar-refractivity contribution in [1.29, 1.82) is 0 Å². The third-order valence-electron chi connectivity index (χ3n) is 3.02. The number of thiophene rings is 1. The maximum atomic E-state index is 10.8. The van der Waals surface area contributed by atoms with Crippen molar-refractivity contribution < 1.29 is 14.6 Å². The molecule has 2 rings (SSSR count). The Kier molecular flexibility index (Phi) is 4.74. The van der Waals surface area contributed by atoms with Crippen LogP contribution in [-0.2, 0) is 11.3 Å². The Bertz CT molecular complexity index is 412. The molecule has 0 bridgehead atoms. The monoisotopic (exact) mass is 269 g/mol. The maximum Gasteiger partial charge on any atom is 0.345 e. The highest BCUT2D eigenvalue weighted by Gasteiger charge is 2.20. The highest BCUT2D eigenvalue weighted by Crippen LogP contribution is 2.28. The van der Waals surface area contributed by atoms with E-state index in [1.807, 2.05) is 6.92 Å². The molecule has 0 unspecified atom stereocenters. The Labute approximate surface area is 111 Å². The molecule has 0 atom stereocenters. The van der Waals surface area contributed by atoms with E-state index in [0.717, 1.165) is 36.1 Å². The summed E-state index contributed by atoms with van der Waals surface area (Å²) in [6.07, 6.45) is 2.64. The van der Waals surface area contributed by atoms with Gasteiger partial charge in [0.15, 0.2) is 0 Å². The fourth-order valence-corrected chi connectivity index (χ4v) is 2.58. The van der Waals surface area contributed by atoms with Gasteiger partial charge >= 0.3 is 5.97 Å². The van der Waals surface area contributed by atoms with Crippen LogP contribution in [0, 0.1) is 12.8 Å². The van der Waals surface area contributed by atoms with Gasteiger partial charge in [-0.05, 0) is 37.3 Å². The summed E-state index contributed by atoms with van der Waals surface area (Å²) in [4.78, 5) is 12.3. The Morgan fingerprint density at radius 1 is 1.61 bits per heavy atom. The molecule has 2 N–H and O–H groups in total. The van der Waals surface area contributed by atoms with Crippen LogP contribution in [0.25, 0.3) is 0 Å². The van der Waals surface area contributed by atoms with E-state index in [1.54, 1.807) is 6.07 Å². The lowest BCUT2D eigenvalue weighted by atomic mass is 10.2. The van der Waals surface area contributed by atoms with Gasteiger partial charge in [-0.25, -0.2) is 4.79 Å². The normalized spacial score (nSPS) is 14.9. The third kappa shape index (κ3) is 4.08. The lowest BCUT2D eigenvalue weighted by Crippen LogP contribution is -2.19. The van der Waals surface area contributed by atoms with Gasteiger partial charge < -0.3 is 15.2 Å². The number of hydrogen-bond acceptors (Lipinski definition) is 4. The number of rotatable bonds is 8. The molecule has 100 valence electrons. The van der Waals surface area contributed by atoms with Gasteiger partial charge in [-0.2, -0.15) is 0 Å². The molecule has 0 aromatic carbocycles. The summed E-state index contributed by atoms with van der Waals surface area (Å²) in [7, 11) is 0. The lowest BCUT2D eigenvalue weighted by molar-refractivity contribution is 0.0702. The minimum atomic E-state index is -0.845. The SMILES string of the molecule is Cc1sc(C(=O)O)cc1CNCCOCC1CC1. The molecule has 5 heteroatoms. The summed E-state index contributed by atoms with van der Waals surface area (Å²) >= 11 is 1.33. The third-order valence-corrected chi connectivity index (χ3v) is 4.10. The Hall–Kier alpha value is -0.910. The first-order chi connectivity index (χ1) is 8.66. The van der Waals surface area contributed by atoms with Gasteiger partial charge in [0.25, 0.3) is 0 Å². The van der Waals surface area contributed by atoms with Gasteiger partial charge in [-0.1, -0.05) is 0 Å². The molecule has 1 saturated carbocycles. The van der Waals surface area contributed by atoms with Gasteiger partial charge in [0, 0.05) is 24.6 Å². The maximum absolute atomic E-state index is 10.8. The molecule has 1 heterocycles. The zero-order chi connectivity index (χ0) is 13.0. The highest BCUT2D eigenvalue weighted by molar-refractivity contribution is 7.14. The molecule has 1 fully saturated rings. The molecule has 0 radical (unpaired) electrons. The quantitative estimate of drug-likeness (QED) is 0.711. The number of carboxylic acid groups (broad SMARTS) is 1. The molecule has 1 aromatic heterocycles. The van der Waals surface area contributed by atoms with Crippen molar-refractivity contribution in [2.45, 2.75) is 26.3 Å². The van der Waals surface area contributed by atoms with E-state index in [-0.39, 0.29) is 0 Å². The molecule has 4 nitrogen and oxygen atoms in total. The minimum Gasteiger partial charge on any atom is -0.477 e. The zero-order valence-electron chi connectivity index (χ0n) is 10.6. The lowest BCUT2D eigenvalue weighted by Gasteiger charge is -2.05. The fraction of sp³-hybridized carbons (Fsp3) is 0.615. The van der Waals surface area contributed by atoms with Crippen LogP contribution in [0.1, 0.15) is 33.0 Å². The predicted molar refractivity (Wildman–Crippen MR) is 71.3 cm³/mol. The van der Waals surface area contributed by atoms with Crippen LogP contribution in [0.3, 0.4) is 0 Å². The van der Waals surface area contributed by atoms with Crippen LogP contribution in [0.15, 0.2) is 6.07 Å². The first-order valence-corrected chi connectivity index (χ1v) is 7.09. The van der Waals surface area contributed by atoms with Crippen molar-refractivity contribution in [3.63, 3.8) is 0 Å². The molecule has 1 aromatic rings. The van der Waals surface area contributed by atoms with Crippen LogP contribution in [0.5, 0.6) is 0 Å². The number of ether oxygens (including phenoxy) is 1. The minimum absolute atomic E-state index is 0.411. The molecular weight excluding hydrogens is 250 g/mol. The summed E-state index contributed by atoms with van der Waals surface area (Å²) in [5.41, 5.74) is 1.07. The van der Waals surface area contributed by atoms with Gasteiger partial charge in [-0.3, -0.25) is 0 Å². The van der Waals surface area contributed by atoms with Crippen LogP contribution in [0.2, 0.25) is 0 Å². The summed E-state index contributed by atoms with van der Waals surface area (Å²) < 4.78 is 5.52. The standard InChI is InChI=1S/C13H19NO3S/c1-9-11(6-12(18-9)13(15)16)7-14-4-5-17-8-10-2-3-10/h6,10,14H,2-5,7-8H2,1H3,(H,15,16). The number of nitrogens with one attached hydrogen (secondary N) is 1. The molecular formula is C13H19NO3S. The second-order valence-corrected chi connectivity index (χ2v) is 5.95. The van der Waals surface area contributed by atoms with E-state index in [2.05, 4.69) is 5.32 Å². The van der Waals surface area contributed by atoms with Crippen molar-refractivity contribution in [1.82, 2.24) is 5.32 Å². The Morgan fingerprint density at radius 3 is 3.00 bits per heavy atom. The molecule has 1 aliphatic rings. The Morgan fingerprint density at radius 2 is 2.39 bits per heavy atom. The largest absolute Gasteiger partial charge is 0.477 e. The van der Waals surface area contributed by atoms with Gasteiger partial charge in [0.1, 0.15) is 4.88 Å². The Balaban J connectivity index is 1.64. The van der Waals surface area contributed by atoms with E-state index in [4.69, 9.17) is 9.84 Å². The van der Waals surface area contributed by atoms with E-state index in [9.17, 15) is 4.79 Å². The summed E-state index contributed by atoms with van der Waals surface area (Å²) in [5.74, 6) is -0.0376. The molecule has 0 spiro atoms. The average Bonchev–Trinajstić information content (AvgIpc) is 3.07. The van der Waals surface area contributed by atoms with Crippen molar-refractivity contribution >= 4 is 17.3 Å². The van der Waals surface area contributed by atoms with Crippen LogP contribution < -0.4 is 5.32 Å². The van der Waals surface area contributed by atoms with Crippen LogP contribution in [-0.4, -0.2) is 30.8 Å². The van der Waals surface area contributed by atoms with Crippen molar-refractivity contribution in [2.24, 2.45) is 5.92 Å². The topological polar surface area (TPSA) is 58.6 Å². The van der Waals surface area contributed by atoms with E-state index < -0.39 is 5.97 Å². The van der Waals surface area contributed by atoms with Crippen molar-refractivity contribution in [3.8, 4) is 0 Å². The summed E-state index contributed by atoms with van der Waals surface area (Å²) in [6.45, 7) is 5.10. The average molecular weight is 269 g/mol. The van der Waals surface area contributed by atoms with Gasteiger partial charge in [0.05, 0.1) is 6.61 Å². The van der Waals surface area contributed by atoms with E-state index in [0.29, 0.717) is 11.4 Å². The van der Waals surface area contributed by atoms with Gasteiger partial charge in [-0.15, -0.1) is 11.3 Å². The molecule has 0 aliphatic heterocycles. The summed E-state index contributed by atoms with van der Waals surface area (Å²) in [6, 6.07) is 1.75.